The Kier molecular flexibility index (Phi) is 4.77. The molecule has 4 heteroatoms. The summed E-state index contributed by atoms with van der Waals surface area (Å²) in [5.41, 5.74) is 0. The number of nitrogens with zero attached hydrogens (tertiary/aromatic N) is 1. The van der Waals surface area contributed by atoms with Crippen molar-refractivity contribution >= 4 is 11.8 Å². The summed E-state index contributed by atoms with van der Waals surface area (Å²) in [7, 11) is 0. The van der Waals surface area contributed by atoms with Crippen molar-refractivity contribution in [1.82, 2.24) is 10.2 Å². The van der Waals surface area contributed by atoms with Gasteiger partial charge in [0.05, 0.1) is 0 Å². The number of amides is 2. The highest BCUT2D eigenvalue weighted by Gasteiger charge is 2.28. The molecule has 92 valence electrons. The van der Waals surface area contributed by atoms with Gasteiger partial charge in [0.2, 0.25) is 11.8 Å². The second-order valence-electron chi connectivity index (χ2n) is 4.58. The number of hydrogen-bond acceptors (Lipinski definition) is 2. The van der Waals surface area contributed by atoms with Crippen molar-refractivity contribution < 1.29 is 9.59 Å². The molecule has 0 aromatic rings. The van der Waals surface area contributed by atoms with Gasteiger partial charge < -0.3 is 10.2 Å². The summed E-state index contributed by atoms with van der Waals surface area (Å²) in [6.45, 7) is 7.50. The van der Waals surface area contributed by atoms with Gasteiger partial charge >= 0.3 is 0 Å². The van der Waals surface area contributed by atoms with E-state index in [9.17, 15) is 9.59 Å². The lowest BCUT2D eigenvalue weighted by Crippen LogP contribution is -2.45. The molecule has 0 aromatic heterocycles. The Hall–Kier alpha value is -1.06. The van der Waals surface area contributed by atoms with Crippen molar-refractivity contribution in [2.24, 2.45) is 5.92 Å². The molecule has 1 aliphatic heterocycles. The van der Waals surface area contributed by atoms with Crippen molar-refractivity contribution in [2.45, 2.75) is 46.1 Å². The minimum absolute atomic E-state index is 0.00754. The molecule has 1 fully saturated rings. The van der Waals surface area contributed by atoms with Crippen LogP contribution in [0.1, 0.15) is 40.0 Å². The van der Waals surface area contributed by atoms with Crippen LogP contribution in [0.5, 0.6) is 0 Å². The van der Waals surface area contributed by atoms with Crippen LogP contribution in [0.4, 0.5) is 0 Å². The van der Waals surface area contributed by atoms with Crippen LogP contribution >= 0.6 is 0 Å². The van der Waals surface area contributed by atoms with Crippen LogP contribution in [0.2, 0.25) is 0 Å². The maximum Gasteiger partial charge on any atom is 0.245 e. The van der Waals surface area contributed by atoms with E-state index in [1.807, 2.05) is 11.8 Å². The van der Waals surface area contributed by atoms with Gasteiger partial charge in [-0.3, -0.25) is 9.59 Å². The van der Waals surface area contributed by atoms with Crippen molar-refractivity contribution in [3.8, 4) is 0 Å². The highest BCUT2D eigenvalue weighted by molar-refractivity contribution is 5.89. The summed E-state index contributed by atoms with van der Waals surface area (Å²) in [5, 5.41) is 2.77. The molecule has 0 bridgehead atoms. The summed E-state index contributed by atoms with van der Waals surface area (Å²) < 4.78 is 0. The van der Waals surface area contributed by atoms with E-state index >= 15 is 0 Å². The molecule has 1 saturated heterocycles. The van der Waals surface area contributed by atoms with Crippen LogP contribution in [0.3, 0.4) is 0 Å². The normalized spacial score (nSPS) is 23.9. The summed E-state index contributed by atoms with van der Waals surface area (Å²) in [4.78, 5) is 25.3. The van der Waals surface area contributed by atoms with Gasteiger partial charge in [-0.05, 0) is 12.3 Å². The highest BCUT2D eigenvalue weighted by Crippen LogP contribution is 2.10. The van der Waals surface area contributed by atoms with E-state index < -0.39 is 0 Å². The zero-order valence-corrected chi connectivity index (χ0v) is 10.5. The fourth-order valence-corrected chi connectivity index (χ4v) is 1.86. The number of nitrogens with one attached hydrogen (secondary N) is 1. The van der Waals surface area contributed by atoms with Gasteiger partial charge in [0.15, 0.2) is 0 Å². The molecule has 2 atom stereocenters. The van der Waals surface area contributed by atoms with E-state index in [0.717, 1.165) is 13.0 Å². The fourth-order valence-electron chi connectivity index (χ4n) is 1.86. The first-order chi connectivity index (χ1) is 7.58. The zero-order chi connectivity index (χ0) is 12.1. The predicted octanol–water partition coefficient (Wildman–Crippen LogP) is 1.16. The van der Waals surface area contributed by atoms with E-state index in [1.54, 1.807) is 0 Å². The Bertz CT molecular complexity index is 266. The SMILES string of the molecule is CCC(C)CN1CCC(=O)NC(CC)C1=O. The van der Waals surface area contributed by atoms with Crippen molar-refractivity contribution in [2.75, 3.05) is 13.1 Å². The molecule has 2 unspecified atom stereocenters. The lowest BCUT2D eigenvalue weighted by atomic mass is 10.1. The first kappa shape index (κ1) is 13.0. The third kappa shape index (κ3) is 3.22. The summed E-state index contributed by atoms with van der Waals surface area (Å²) in [5.74, 6) is 0.565. The number of carbonyl (C=O) groups is 2. The van der Waals surface area contributed by atoms with Crippen LogP contribution < -0.4 is 5.32 Å². The van der Waals surface area contributed by atoms with Crippen molar-refractivity contribution in [3.05, 3.63) is 0 Å². The van der Waals surface area contributed by atoms with Gasteiger partial charge in [-0.25, -0.2) is 0 Å². The molecule has 0 aromatic carbocycles. The third-order valence-corrected chi connectivity index (χ3v) is 3.19. The van der Waals surface area contributed by atoms with Gasteiger partial charge in [-0.1, -0.05) is 27.2 Å². The molecule has 16 heavy (non-hydrogen) atoms. The van der Waals surface area contributed by atoms with Crippen molar-refractivity contribution in [3.63, 3.8) is 0 Å². The monoisotopic (exact) mass is 226 g/mol. The number of hydrogen-bond donors (Lipinski definition) is 1. The molecule has 1 N–H and O–H groups in total. The van der Waals surface area contributed by atoms with Crippen LogP contribution in [0.15, 0.2) is 0 Å². The largest absolute Gasteiger partial charge is 0.344 e. The lowest BCUT2D eigenvalue weighted by molar-refractivity contribution is -0.134. The van der Waals surface area contributed by atoms with Gasteiger partial charge in [0.1, 0.15) is 6.04 Å². The topological polar surface area (TPSA) is 49.4 Å². The van der Waals surface area contributed by atoms with Crippen LogP contribution in [-0.4, -0.2) is 35.8 Å². The van der Waals surface area contributed by atoms with E-state index in [1.165, 1.54) is 0 Å². The van der Waals surface area contributed by atoms with E-state index in [-0.39, 0.29) is 17.9 Å². The molecule has 1 heterocycles. The molecular weight excluding hydrogens is 204 g/mol. The predicted molar refractivity (Wildman–Crippen MR) is 62.9 cm³/mol. The van der Waals surface area contributed by atoms with Crippen LogP contribution in [0, 0.1) is 5.92 Å². The molecule has 0 spiro atoms. The molecule has 4 nitrogen and oxygen atoms in total. The molecule has 0 radical (unpaired) electrons. The Morgan fingerprint density at radius 3 is 2.69 bits per heavy atom. The van der Waals surface area contributed by atoms with Gasteiger partial charge in [0, 0.05) is 19.5 Å². The summed E-state index contributed by atoms with van der Waals surface area (Å²) in [6.07, 6.45) is 2.15. The summed E-state index contributed by atoms with van der Waals surface area (Å²) in [6, 6.07) is -0.320. The van der Waals surface area contributed by atoms with E-state index in [2.05, 4.69) is 19.2 Å². The standard InChI is InChI=1S/C12H22N2O2/c1-4-9(3)8-14-7-6-11(15)13-10(5-2)12(14)16/h9-10H,4-8H2,1-3H3,(H,13,15). The molecule has 1 aliphatic rings. The van der Waals surface area contributed by atoms with Crippen molar-refractivity contribution in [1.29, 1.82) is 0 Å². The average molecular weight is 226 g/mol. The Balaban J connectivity index is 2.68. The molecule has 2 amide bonds. The fraction of sp³-hybridized carbons (Fsp3) is 0.833. The Morgan fingerprint density at radius 2 is 2.12 bits per heavy atom. The third-order valence-electron chi connectivity index (χ3n) is 3.19. The van der Waals surface area contributed by atoms with E-state index in [4.69, 9.17) is 0 Å². The Labute approximate surface area is 97.4 Å². The summed E-state index contributed by atoms with van der Waals surface area (Å²) >= 11 is 0. The zero-order valence-electron chi connectivity index (χ0n) is 10.5. The quantitative estimate of drug-likeness (QED) is 0.782. The number of carbonyl (C=O) groups excluding carboxylic acids is 2. The van der Waals surface area contributed by atoms with Crippen LogP contribution in [-0.2, 0) is 9.59 Å². The second kappa shape index (κ2) is 5.87. The smallest absolute Gasteiger partial charge is 0.245 e. The molecular formula is C12H22N2O2. The molecule has 0 aliphatic carbocycles. The Morgan fingerprint density at radius 1 is 1.44 bits per heavy atom. The van der Waals surface area contributed by atoms with Gasteiger partial charge in [0.25, 0.3) is 0 Å². The van der Waals surface area contributed by atoms with Gasteiger partial charge in [-0.2, -0.15) is 0 Å². The van der Waals surface area contributed by atoms with Crippen LogP contribution in [0.25, 0.3) is 0 Å². The molecule has 0 saturated carbocycles. The maximum atomic E-state index is 12.1. The first-order valence-electron chi connectivity index (χ1n) is 6.16. The first-order valence-corrected chi connectivity index (χ1v) is 6.16. The van der Waals surface area contributed by atoms with Gasteiger partial charge in [-0.15, -0.1) is 0 Å². The average Bonchev–Trinajstić information content (AvgIpc) is 2.41. The highest BCUT2D eigenvalue weighted by atomic mass is 16.2. The minimum atomic E-state index is -0.320. The van der Waals surface area contributed by atoms with E-state index in [0.29, 0.717) is 25.3 Å². The molecule has 1 rings (SSSR count). The second-order valence-corrected chi connectivity index (χ2v) is 4.58. The maximum absolute atomic E-state index is 12.1. The number of rotatable bonds is 4. The minimum Gasteiger partial charge on any atom is -0.344 e. The lowest BCUT2D eigenvalue weighted by Gasteiger charge is -2.25.